The van der Waals surface area contributed by atoms with Crippen LogP contribution < -0.4 is 0 Å². The number of benzene rings is 1. The number of thiophene rings is 1. The largest absolute Gasteiger partial charge is 0.330 e. The predicted octanol–water partition coefficient (Wildman–Crippen LogP) is 3.33. The van der Waals surface area contributed by atoms with E-state index in [2.05, 4.69) is 24.8 Å². The van der Waals surface area contributed by atoms with Crippen LogP contribution in [0.15, 0.2) is 43.0 Å². The van der Waals surface area contributed by atoms with Gasteiger partial charge in [-0.2, -0.15) is 0 Å². The zero-order valence-electron chi connectivity index (χ0n) is 14.5. The number of carbonyl (C=O) groups excluding carboxylic acids is 1. The number of sulfone groups is 1. The molecule has 0 spiro atoms. The van der Waals surface area contributed by atoms with Crippen molar-refractivity contribution in [1.82, 2.24) is 4.90 Å². The topological polar surface area (TPSA) is 54.5 Å². The average Bonchev–Trinajstić information content (AvgIpc) is 3.22. The van der Waals surface area contributed by atoms with Crippen LogP contribution in [0, 0.1) is 0 Å². The van der Waals surface area contributed by atoms with E-state index < -0.39 is 9.84 Å². The van der Waals surface area contributed by atoms with E-state index in [0.29, 0.717) is 17.8 Å². The van der Waals surface area contributed by atoms with Crippen molar-refractivity contribution in [3.63, 3.8) is 0 Å². The van der Waals surface area contributed by atoms with E-state index in [0.717, 1.165) is 12.8 Å². The normalized spacial score (nSPS) is 20.2. The summed E-state index contributed by atoms with van der Waals surface area (Å²) in [7, 11) is -3.04. The van der Waals surface area contributed by atoms with Crippen molar-refractivity contribution in [1.29, 1.82) is 0 Å². The molecule has 2 aromatic rings. The smallest absolute Gasteiger partial charge is 0.264 e. The van der Waals surface area contributed by atoms with Crippen molar-refractivity contribution in [2.75, 3.05) is 18.1 Å². The fourth-order valence-corrected chi connectivity index (χ4v) is 6.83. The van der Waals surface area contributed by atoms with Gasteiger partial charge in [0.15, 0.2) is 9.84 Å². The maximum absolute atomic E-state index is 13.2. The zero-order valence-corrected chi connectivity index (χ0v) is 16.1. The molecule has 0 saturated carbocycles. The fraction of sp³-hybridized carbons (Fsp3) is 0.350. The molecule has 1 aliphatic heterocycles. The summed E-state index contributed by atoms with van der Waals surface area (Å²) in [6.45, 7) is 4.11. The number of aryl methyl sites for hydroxylation is 2. The highest BCUT2D eigenvalue weighted by Gasteiger charge is 2.35. The first-order chi connectivity index (χ1) is 12.5. The van der Waals surface area contributed by atoms with Crippen molar-refractivity contribution in [2.24, 2.45) is 0 Å². The van der Waals surface area contributed by atoms with E-state index in [1.165, 1.54) is 32.9 Å². The zero-order chi connectivity index (χ0) is 18.3. The molecule has 6 heteroatoms. The van der Waals surface area contributed by atoms with Crippen molar-refractivity contribution >= 4 is 27.1 Å². The monoisotopic (exact) mass is 387 g/mol. The molecule has 1 atom stereocenters. The number of carbonyl (C=O) groups is 1. The van der Waals surface area contributed by atoms with Gasteiger partial charge in [0.05, 0.1) is 16.4 Å². The maximum atomic E-state index is 13.2. The van der Waals surface area contributed by atoms with Gasteiger partial charge in [-0.1, -0.05) is 30.3 Å². The van der Waals surface area contributed by atoms with E-state index in [9.17, 15) is 13.2 Å². The van der Waals surface area contributed by atoms with Gasteiger partial charge in [-0.05, 0) is 42.0 Å². The van der Waals surface area contributed by atoms with Gasteiger partial charge in [-0.25, -0.2) is 8.42 Å². The van der Waals surface area contributed by atoms with E-state index in [4.69, 9.17) is 0 Å². The Hall–Kier alpha value is -1.92. The van der Waals surface area contributed by atoms with Gasteiger partial charge in [0, 0.05) is 17.5 Å². The molecule has 0 N–H and O–H groups in total. The summed E-state index contributed by atoms with van der Waals surface area (Å²) >= 11 is 1.52. The van der Waals surface area contributed by atoms with Crippen molar-refractivity contribution in [3.8, 4) is 10.4 Å². The van der Waals surface area contributed by atoms with Crippen LogP contribution in [0.1, 0.15) is 27.2 Å². The van der Waals surface area contributed by atoms with Gasteiger partial charge in [0.25, 0.3) is 5.91 Å². The highest BCUT2D eigenvalue weighted by atomic mass is 32.2. The Morgan fingerprint density at radius 3 is 2.77 bits per heavy atom. The fourth-order valence-electron chi connectivity index (χ4n) is 3.88. The summed E-state index contributed by atoms with van der Waals surface area (Å²) in [6.07, 6.45) is 4.11. The molecule has 1 amide bonds. The van der Waals surface area contributed by atoms with Crippen LogP contribution in [0.4, 0.5) is 0 Å². The third kappa shape index (κ3) is 3.12. The van der Waals surface area contributed by atoms with E-state index in [1.807, 2.05) is 12.1 Å². The average molecular weight is 388 g/mol. The first-order valence-electron chi connectivity index (χ1n) is 8.82. The molecule has 4 nitrogen and oxygen atoms in total. The minimum absolute atomic E-state index is 0.0561. The number of hydrogen-bond donors (Lipinski definition) is 0. The molecule has 1 aromatic carbocycles. The molecule has 1 fully saturated rings. The molecule has 0 radical (unpaired) electrons. The third-order valence-corrected chi connectivity index (χ3v) is 8.13. The highest BCUT2D eigenvalue weighted by molar-refractivity contribution is 7.91. The lowest BCUT2D eigenvalue weighted by Crippen LogP contribution is -2.40. The molecule has 26 heavy (non-hydrogen) atoms. The van der Waals surface area contributed by atoms with Gasteiger partial charge < -0.3 is 4.90 Å². The predicted molar refractivity (Wildman–Crippen MR) is 105 cm³/mol. The molecule has 1 aromatic heterocycles. The number of nitrogens with zero attached hydrogens (tertiary/aromatic N) is 1. The lowest BCUT2D eigenvalue weighted by molar-refractivity contribution is 0.0725. The number of rotatable bonds is 4. The second kappa shape index (κ2) is 6.67. The Morgan fingerprint density at radius 1 is 1.27 bits per heavy atom. The van der Waals surface area contributed by atoms with Gasteiger partial charge in [-0.3, -0.25) is 4.79 Å². The van der Waals surface area contributed by atoms with Crippen LogP contribution >= 0.6 is 11.3 Å². The maximum Gasteiger partial charge on any atom is 0.264 e. The molecule has 4 rings (SSSR count). The Kier molecular flexibility index (Phi) is 4.49. The van der Waals surface area contributed by atoms with E-state index in [-0.39, 0.29) is 23.5 Å². The minimum atomic E-state index is -3.04. The van der Waals surface area contributed by atoms with Gasteiger partial charge >= 0.3 is 0 Å². The van der Waals surface area contributed by atoms with Crippen molar-refractivity contribution < 1.29 is 13.2 Å². The lowest BCUT2D eigenvalue weighted by Gasteiger charge is -2.26. The molecule has 1 aliphatic carbocycles. The number of hydrogen-bond acceptors (Lipinski definition) is 4. The summed E-state index contributed by atoms with van der Waals surface area (Å²) in [4.78, 5) is 16.7. The minimum Gasteiger partial charge on any atom is -0.330 e. The van der Waals surface area contributed by atoms with Crippen LogP contribution in [-0.4, -0.2) is 43.3 Å². The van der Waals surface area contributed by atoms with E-state index >= 15 is 0 Å². The van der Waals surface area contributed by atoms with E-state index in [1.54, 1.807) is 11.0 Å². The summed E-state index contributed by atoms with van der Waals surface area (Å²) in [5, 5.41) is 0. The Labute approximate surface area is 158 Å². The van der Waals surface area contributed by atoms with Crippen molar-refractivity contribution in [2.45, 2.75) is 25.3 Å². The second-order valence-corrected chi connectivity index (χ2v) is 10.2. The molecule has 1 saturated heterocycles. The first kappa shape index (κ1) is 17.5. The summed E-state index contributed by atoms with van der Waals surface area (Å²) in [5.74, 6) is 0.136. The summed E-state index contributed by atoms with van der Waals surface area (Å²) in [5.41, 5.74) is 3.76. The molecular weight excluding hydrogens is 366 g/mol. The number of amides is 1. The van der Waals surface area contributed by atoms with Crippen molar-refractivity contribution in [3.05, 3.63) is 59.0 Å². The Balaban J connectivity index is 1.66. The molecule has 2 aliphatic rings. The van der Waals surface area contributed by atoms with Crippen LogP contribution in [0.25, 0.3) is 10.4 Å². The Morgan fingerprint density at radius 2 is 2.04 bits per heavy atom. The van der Waals surface area contributed by atoms with Crippen LogP contribution in [0.3, 0.4) is 0 Å². The molecule has 1 unspecified atom stereocenters. The van der Waals surface area contributed by atoms with Crippen LogP contribution in [-0.2, 0) is 22.7 Å². The summed E-state index contributed by atoms with van der Waals surface area (Å²) in [6, 6.07) is 10.1. The highest BCUT2D eigenvalue weighted by Crippen LogP contribution is 2.40. The lowest BCUT2D eigenvalue weighted by atomic mass is 9.91. The molecule has 2 heterocycles. The van der Waals surface area contributed by atoms with Crippen LogP contribution in [0.5, 0.6) is 0 Å². The van der Waals surface area contributed by atoms with Gasteiger partial charge in [0.1, 0.15) is 0 Å². The molecular formula is C20H21NO3S2. The Bertz CT molecular complexity index is 975. The molecule has 136 valence electrons. The first-order valence-corrected chi connectivity index (χ1v) is 11.5. The van der Waals surface area contributed by atoms with Gasteiger partial charge in [-0.15, -0.1) is 17.9 Å². The quantitative estimate of drug-likeness (QED) is 0.756. The second-order valence-electron chi connectivity index (χ2n) is 6.93. The van der Waals surface area contributed by atoms with Crippen LogP contribution in [0.2, 0.25) is 0 Å². The standard InChI is InChI=1S/C20H21NO3S2/c1-2-10-21(16-9-11-26(23,24)13-16)20(22)18-12-15-8-7-14-5-3-4-6-17(14)19(15)25-18/h2-6,12,16H,1,7-11,13H2. The summed E-state index contributed by atoms with van der Waals surface area (Å²) < 4.78 is 23.7. The third-order valence-electron chi connectivity index (χ3n) is 5.18. The molecule has 0 bridgehead atoms. The SMILES string of the molecule is C=CCN(C(=O)c1cc2c(s1)-c1ccccc1CC2)C1CCS(=O)(=O)C1. The van der Waals surface area contributed by atoms with Gasteiger partial charge in [0.2, 0.25) is 0 Å². The number of fused-ring (bicyclic) bond motifs is 3.